The van der Waals surface area contributed by atoms with Gasteiger partial charge in [0, 0.05) is 94.4 Å². The highest BCUT2D eigenvalue weighted by atomic mass is 16.5. The molecule has 3 saturated carbocycles. The Hall–Kier alpha value is -6.10. The van der Waals surface area contributed by atoms with Gasteiger partial charge in [-0.15, -0.1) is 0 Å². The number of hydrogen-bond donors (Lipinski definition) is 7. The number of amides is 2. The maximum atomic E-state index is 13.7. The number of aromatic hydroxyl groups is 1. The van der Waals surface area contributed by atoms with Crippen molar-refractivity contribution in [2.24, 2.45) is 23.7 Å². The summed E-state index contributed by atoms with van der Waals surface area (Å²) in [5.74, 6) is 0.598. The van der Waals surface area contributed by atoms with E-state index in [2.05, 4.69) is 60.1 Å². The topological polar surface area (TPSA) is 201 Å². The molecule has 0 radical (unpaired) electrons. The van der Waals surface area contributed by atoms with Crippen molar-refractivity contribution < 1.29 is 53.7 Å². The van der Waals surface area contributed by atoms with Gasteiger partial charge in [-0.3, -0.25) is 19.8 Å². The summed E-state index contributed by atoms with van der Waals surface area (Å²) >= 11 is 0. The molecule has 15 heteroatoms. The third-order valence-corrected chi connectivity index (χ3v) is 21.7. The Labute approximate surface area is 500 Å². The number of unbranched alkanes of at least 4 members (excludes halogenated alkanes) is 3. The number of imide groups is 1. The lowest BCUT2D eigenvalue weighted by atomic mass is 9.47. The number of allylic oxidation sites excluding steroid dienone is 1. The fraction of sp³-hybridized carbons (Fsp3) is 0.571. The zero-order valence-electron chi connectivity index (χ0n) is 50.0. The van der Waals surface area contributed by atoms with Gasteiger partial charge in [-0.05, 0) is 130 Å². The molecule has 4 aromatic carbocycles. The van der Waals surface area contributed by atoms with E-state index < -0.39 is 40.8 Å². The van der Waals surface area contributed by atoms with Crippen LogP contribution in [0.3, 0.4) is 0 Å². The van der Waals surface area contributed by atoms with Crippen LogP contribution in [0, 0.1) is 23.7 Å². The Kier molecular flexibility index (Phi) is 16.3. The number of benzene rings is 4. The van der Waals surface area contributed by atoms with Crippen LogP contribution in [0.2, 0.25) is 0 Å². The monoisotopic (exact) mass is 1160 g/mol. The Balaban J connectivity index is 0.829. The van der Waals surface area contributed by atoms with Crippen LogP contribution in [0.15, 0.2) is 66.8 Å². The summed E-state index contributed by atoms with van der Waals surface area (Å²) in [6.07, 6.45) is 24.2. The zero-order valence-corrected chi connectivity index (χ0v) is 50.0. The summed E-state index contributed by atoms with van der Waals surface area (Å²) in [6.45, 7) is 6.49. The standard InChI is InChI=1S/C70H88N4O11/c1-4-5-6-14-32-71-33-34-82-54-38-56(85-70-31-13-10-17-45(70)22-20-42(2)73-70)64-63-47(54)23-24-48-61(63)53(72-67(64)80)37-55-62(48)65(78)49(41-84-55)44-35-57(81-3)66(79)58(36-44)83-40-46(39-75)69-30-15-19-51(52(69)25-21-43-16-8-9-18-50(43)69)68(28-11-7-12-29-68)74-59(76)26-27-60(74)77/h8-9,16,18,21,25-27,35-38,42,45-46,49,51-52,65,67,71-73,75,78-80H,4-7,10-15,17,19-20,22-24,28-34,39-41H2,1-3H3/t42-,45+,46+,49+,51+,52-,65+,67-,69+,70-/m1/s1. The summed E-state index contributed by atoms with van der Waals surface area (Å²) in [6, 6.07) is 16.1. The van der Waals surface area contributed by atoms with Crippen molar-refractivity contribution in [1.29, 1.82) is 0 Å². The van der Waals surface area contributed by atoms with E-state index in [-0.39, 0.29) is 66.8 Å². The lowest BCUT2D eigenvalue weighted by molar-refractivity contribution is -0.153. The van der Waals surface area contributed by atoms with E-state index in [1.165, 1.54) is 44.9 Å². The predicted octanol–water partition coefficient (Wildman–Crippen LogP) is 11.4. The van der Waals surface area contributed by atoms with Crippen LogP contribution < -0.4 is 39.6 Å². The Morgan fingerprint density at radius 1 is 0.800 bits per heavy atom. The molecule has 7 N–H and O–H groups in total. The number of carbonyl (C=O) groups is 2. The molecule has 4 heterocycles. The molecule has 4 aromatic rings. The van der Waals surface area contributed by atoms with Crippen molar-refractivity contribution in [1.82, 2.24) is 15.5 Å². The van der Waals surface area contributed by atoms with E-state index in [1.807, 2.05) is 18.2 Å². The maximum Gasteiger partial charge on any atom is 0.254 e. The first-order valence-electron chi connectivity index (χ1n) is 32.4. The van der Waals surface area contributed by atoms with E-state index in [9.17, 15) is 30.0 Å². The van der Waals surface area contributed by atoms with Crippen LogP contribution in [0.1, 0.15) is 187 Å². The Morgan fingerprint density at radius 3 is 2.41 bits per heavy atom. The van der Waals surface area contributed by atoms with Crippen molar-refractivity contribution in [3.8, 4) is 45.6 Å². The first kappa shape index (κ1) is 57.9. The first-order valence-corrected chi connectivity index (χ1v) is 32.4. The lowest BCUT2D eigenvalue weighted by Gasteiger charge is -2.60. The van der Waals surface area contributed by atoms with E-state index in [1.54, 1.807) is 17.0 Å². The molecule has 9 aliphatic rings. The molecule has 5 aliphatic carbocycles. The van der Waals surface area contributed by atoms with E-state index in [0.717, 1.165) is 141 Å². The van der Waals surface area contributed by atoms with Gasteiger partial charge in [0.1, 0.15) is 23.9 Å². The quantitative estimate of drug-likeness (QED) is 0.0326. The van der Waals surface area contributed by atoms with Crippen LogP contribution >= 0.6 is 0 Å². The number of fused-ring (bicyclic) bond motifs is 6. The molecule has 0 spiro atoms. The van der Waals surface area contributed by atoms with Gasteiger partial charge in [0.15, 0.2) is 23.5 Å². The number of hydrogen-bond acceptors (Lipinski definition) is 14. The number of aliphatic hydroxyl groups is 3. The third kappa shape index (κ3) is 9.99. The smallest absolute Gasteiger partial charge is 0.254 e. The number of carbonyl (C=O) groups excluding carboxylic acids is 2. The molecule has 0 aromatic heterocycles. The molecule has 1 saturated heterocycles. The molecular formula is C70H88N4O11. The molecule has 13 rings (SSSR count). The number of phenolic OH excluding ortho intramolecular Hbond substituents is 1. The van der Waals surface area contributed by atoms with Crippen LogP contribution in [0.4, 0.5) is 5.69 Å². The fourth-order valence-corrected chi connectivity index (χ4v) is 17.8. The van der Waals surface area contributed by atoms with Crippen molar-refractivity contribution in [2.75, 3.05) is 51.9 Å². The van der Waals surface area contributed by atoms with Gasteiger partial charge >= 0.3 is 0 Å². The summed E-state index contributed by atoms with van der Waals surface area (Å²) in [7, 11) is 1.50. The summed E-state index contributed by atoms with van der Waals surface area (Å²) in [5.41, 5.74) is 6.77. The molecule has 4 fully saturated rings. The lowest BCUT2D eigenvalue weighted by Crippen LogP contribution is -2.64. The largest absolute Gasteiger partial charge is 0.502 e. The number of anilines is 1. The van der Waals surface area contributed by atoms with Crippen molar-refractivity contribution >= 4 is 23.6 Å². The number of ether oxygens (including phenoxy) is 5. The Bertz CT molecular complexity index is 3230. The molecule has 15 nitrogen and oxygen atoms in total. The van der Waals surface area contributed by atoms with Crippen LogP contribution in [0.5, 0.6) is 34.5 Å². The van der Waals surface area contributed by atoms with Gasteiger partial charge in [0.25, 0.3) is 11.8 Å². The molecule has 454 valence electrons. The average Bonchev–Trinajstić information content (AvgIpc) is 1.31. The van der Waals surface area contributed by atoms with Crippen LogP contribution in [-0.2, 0) is 27.8 Å². The highest BCUT2D eigenvalue weighted by molar-refractivity contribution is 6.13. The highest BCUT2D eigenvalue weighted by Gasteiger charge is 2.60. The van der Waals surface area contributed by atoms with Crippen molar-refractivity contribution in [3.05, 3.63) is 106 Å². The van der Waals surface area contributed by atoms with E-state index in [0.29, 0.717) is 60.1 Å². The molecule has 0 unspecified atom stereocenters. The van der Waals surface area contributed by atoms with Gasteiger partial charge in [0.05, 0.1) is 44.1 Å². The highest BCUT2D eigenvalue weighted by Crippen LogP contribution is 2.62. The third-order valence-electron chi connectivity index (χ3n) is 21.7. The number of nitrogens with zero attached hydrogens (tertiary/aromatic N) is 1. The number of aliphatic hydroxyl groups excluding tert-OH is 3. The molecule has 85 heavy (non-hydrogen) atoms. The maximum absolute atomic E-state index is 13.7. The summed E-state index contributed by atoms with van der Waals surface area (Å²) in [5, 5.41) is 60.1. The Morgan fingerprint density at radius 2 is 1.60 bits per heavy atom. The van der Waals surface area contributed by atoms with Gasteiger partial charge in [0.2, 0.25) is 5.75 Å². The molecule has 0 bridgehead atoms. The van der Waals surface area contributed by atoms with Gasteiger partial charge in [-0.25, -0.2) is 0 Å². The van der Waals surface area contributed by atoms with Crippen LogP contribution in [-0.4, -0.2) is 101 Å². The van der Waals surface area contributed by atoms with Gasteiger partial charge < -0.3 is 54.7 Å². The summed E-state index contributed by atoms with van der Waals surface area (Å²) in [4.78, 5) is 29.0. The zero-order chi connectivity index (χ0) is 58.6. The fourth-order valence-electron chi connectivity index (χ4n) is 17.8. The van der Waals surface area contributed by atoms with E-state index in [4.69, 9.17) is 23.7 Å². The minimum Gasteiger partial charge on any atom is -0.502 e. The average molecular weight is 1160 g/mol. The van der Waals surface area contributed by atoms with Gasteiger partial charge in [-0.1, -0.05) is 94.7 Å². The number of phenols is 1. The molecule has 10 atom stereocenters. The number of methoxy groups -OCH3 is 1. The van der Waals surface area contributed by atoms with Crippen molar-refractivity contribution in [2.45, 2.75) is 183 Å². The summed E-state index contributed by atoms with van der Waals surface area (Å²) < 4.78 is 33.6. The second-order valence-electron chi connectivity index (χ2n) is 26.2. The minimum absolute atomic E-state index is 0.0332. The number of nitrogens with one attached hydrogen (secondary N) is 3. The normalized spacial score (nSPS) is 28.9. The molecule has 4 aliphatic heterocycles. The molecular weight excluding hydrogens is 1070 g/mol. The molecule has 2 amide bonds. The van der Waals surface area contributed by atoms with E-state index >= 15 is 0 Å². The van der Waals surface area contributed by atoms with Crippen molar-refractivity contribution in [3.63, 3.8) is 0 Å². The number of piperidine rings is 1. The van der Waals surface area contributed by atoms with Crippen LogP contribution in [0.25, 0.3) is 17.2 Å². The first-order chi connectivity index (χ1) is 41.4. The predicted molar refractivity (Wildman–Crippen MR) is 326 cm³/mol. The van der Waals surface area contributed by atoms with Gasteiger partial charge in [-0.2, -0.15) is 0 Å². The SMILES string of the molecule is CCCCCCNCCOc1cc(O[C@]23CCCC[C@H]2CC[C@@H](C)N3)c2c3c1CCc1c-3c(cc3c1[C@@H](O)[C@H](c1cc(OC)c(O)c(OC[C@H](CO)[C@]45CCC[C@H](C6(N7C(=O)C=CC7=O)CCCCC6)[C@H]4C=Cc4ccccc45)c1)CO3)N[C@@H]2O. The minimum atomic E-state index is -1.08. The second-order valence-corrected chi connectivity index (χ2v) is 26.2. The second kappa shape index (κ2) is 23.9. The number of rotatable bonds is 20.